The third kappa shape index (κ3) is 5.78. The van der Waals surface area contributed by atoms with E-state index in [1.165, 1.54) is 11.1 Å². The second-order valence-electron chi connectivity index (χ2n) is 11.0. The Morgan fingerprint density at radius 3 is 2.70 bits per heavy atom. The van der Waals surface area contributed by atoms with E-state index in [9.17, 15) is 28.7 Å². The SMILES string of the molecule is N#Cc1ccnc(N2C3OC3CC[C@H]2C(=O)N(c2cccc(CO)c2)[C@H](C(=O)NC2CC(F)(F)C2)c2ccccc2Cl)c1. The van der Waals surface area contributed by atoms with E-state index in [0.717, 1.165) is 0 Å². The fourth-order valence-corrected chi connectivity index (χ4v) is 6.13. The highest BCUT2D eigenvalue weighted by molar-refractivity contribution is 6.31. The lowest BCUT2D eigenvalue weighted by Gasteiger charge is -2.41. The average Bonchev–Trinajstić information content (AvgIpc) is 3.78. The molecule has 3 aliphatic rings. The van der Waals surface area contributed by atoms with Crippen LogP contribution in [-0.4, -0.2) is 52.2 Å². The minimum absolute atomic E-state index is 0.106. The Morgan fingerprint density at radius 2 is 1.98 bits per heavy atom. The number of aliphatic hydroxyl groups is 1. The summed E-state index contributed by atoms with van der Waals surface area (Å²) in [6, 6.07) is 15.4. The Morgan fingerprint density at radius 1 is 1.19 bits per heavy atom. The number of aromatic nitrogens is 1. The fourth-order valence-electron chi connectivity index (χ4n) is 5.90. The molecule has 0 radical (unpaired) electrons. The molecule has 3 aromatic rings. The first-order chi connectivity index (χ1) is 20.7. The molecule has 2 unspecified atom stereocenters. The van der Waals surface area contributed by atoms with Gasteiger partial charge in [0.05, 0.1) is 18.2 Å². The van der Waals surface area contributed by atoms with E-state index in [1.54, 1.807) is 65.6 Å². The molecule has 1 aromatic heterocycles. The number of anilines is 2. The number of pyridine rings is 1. The zero-order valence-corrected chi connectivity index (χ0v) is 23.6. The van der Waals surface area contributed by atoms with E-state index >= 15 is 0 Å². The second-order valence-corrected chi connectivity index (χ2v) is 11.4. The van der Waals surface area contributed by atoms with Crippen molar-refractivity contribution in [3.63, 3.8) is 0 Å². The van der Waals surface area contributed by atoms with Gasteiger partial charge in [-0.3, -0.25) is 14.5 Å². The summed E-state index contributed by atoms with van der Waals surface area (Å²) in [4.78, 5) is 36.3. The number of benzene rings is 2. The molecule has 0 bridgehead atoms. The number of fused-ring (bicyclic) bond motifs is 1. The summed E-state index contributed by atoms with van der Waals surface area (Å²) in [5.41, 5.74) is 1.48. The monoisotopic (exact) mass is 607 g/mol. The fraction of sp³-hybridized carbons (Fsp3) is 0.355. The molecule has 3 fully saturated rings. The molecule has 12 heteroatoms. The van der Waals surface area contributed by atoms with E-state index in [-0.39, 0.29) is 17.7 Å². The van der Waals surface area contributed by atoms with Crippen molar-refractivity contribution in [1.29, 1.82) is 5.26 Å². The molecule has 1 aliphatic carbocycles. The number of amides is 2. The zero-order chi connectivity index (χ0) is 30.3. The molecule has 2 saturated heterocycles. The predicted octanol–water partition coefficient (Wildman–Crippen LogP) is 4.48. The molecule has 2 amide bonds. The third-order valence-corrected chi connectivity index (χ3v) is 8.41. The maximum atomic E-state index is 14.8. The standard InChI is InChI=1S/C31H28ClF2N5O4/c32-23-7-2-1-6-22(23)27(28(41)37-20-14-31(33,34)15-20)38(21-5-3-4-19(12-21)17-40)29(42)24-8-9-25-30(43-25)39(24)26-13-18(16-35)10-11-36-26/h1-7,10-13,20,24-25,27,30,40H,8-9,14-15,17H2,(H,37,41)/t24-,25?,27-,30?/m0/s1. The number of rotatable bonds is 8. The molecular formula is C31H28ClF2N5O4. The van der Waals surface area contributed by atoms with Crippen LogP contribution in [0.3, 0.4) is 0 Å². The van der Waals surface area contributed by atoms with Gasteiger partial charge in [-0.05, 0) is 48.7 Å². The average molecular weight is 608 g/mol. The number of piperidine rings is 1. The number of halogens is 3. The highest BCUT2D eigenvalue weighted by Crippen LogP contribution is 2.43. The Bertz CT molecular complexity index is 1590. The van der Waals surface area contributed by atoms with E-state index in [0.29, 0.717) is 41.0 Å². The number of hydrogen-bond acceptors (Lipinski definition) is 7. The summed E-state index contributed by atoms with van der Waals surface area (Å²) < 4.78 is 33.3. The molecule has 4 atom stereocenters. The highest BCUT2D eigenvalue weighted by Gasteiger charge is 2.54. The number of nitrogens with zero attached hydrogens (tertiary/aromatic N) is 4. The molecule has 2 aliphatic heterocycles. The van der Waals surface area contributed by atoms with Crippen LogP contribution in [0, 0.1) is 11.3 Å². The van der Waals surface area contributed by atoms with Gasteiger partial charge in [-0.25, -0.2) is 13.8 Å². The van der Waals surface area contributed by atoms with Crippen LogP contribution < -0.4 is 15.1 Å². The van der Waals surface area contributed by atoms with Crippen LogP contribution in [0.5, 0.6) is 0 Å². The molecule has 9 nitrogen and oxygen atoms in total. The van der Waals surface area contributed by atoms with Gasteiger partial charge in [-0.15, -0.1) is 0 Å². The van der Waals surface area contributed by atoms with Crippen molar-refractivity contribution in [2.45, 2.75) is 68.7 Å². The summed E-state index contributed by atoms with van der Waals surface area (Å²) in [5, 5.41) is 22.3. The molecule has 0 spiro atoms. The normalized spacial score (nSPS) is 22.9. The van der Waals surface area contributed by atoms with Crippen LogP contribution in [0.15, 0.2) is 66.9 Å². The van der Waals surface area contributed by atoms with E-state index in [4.69, 9.17) is 16.3 Å². The Kier molecular flexibility index (Phi) is 7.77. The van der Waals surface area contributed by atoms with Gasteiger partial charge < -0.3 is 20.1 Å². The summed E-state index contributed by atoms with van der Waals surface area (Å²) in [6.07, 6.45) is 0.878. The Labute approximate surface area is 251 Å². The van der Waals surface area contributed by atoms with E-state index < -0.39 is 54.9 Å². The van der Waals surface area contributed by atoms with Crippen LogP contribution in [0.4, 0.5) is 20.3 Å². The number of hydrogen-bond donors (Lipinski definition) is 2. The topological polar surface area (TPSA) is 122 Å². The summed E-state index contributed by atoms with van der Waals surface area (Å²) >= 11 is 6.61. The quantitative estimate of drug-likeness (QED) is 0.362. The van der Waals surface area contributed by atoms with Gasteiger partial charge in [-0.1, -0.05) is 41.9 Å². The number of epoxide rings is 1. The second kappa shape index (κ2) is 11.5. The molecule has 2 aromatic carbocycles. The molecule has 6 rings (SSSR count). The number of aliphatic hydroxyl groups excluding tert-OH is 1. The van der Waals surface area contributed by atoms with Crippen molar-refractivity contribution < 1.29 is 28.2 Å². The van der Waals surface area contributed by atoms with Crippen molar-refractivity contribution in [2.75, 3.05) is 9.80 Å². The first-order valence-corrected chi connectivity index (χ1v) is 14.3. The van der Waals surface area contributed by atoms with Crippen LogP contribution in [-0.2, 0) is 20.9 Å². The number of alkyl halides is 2. The van der Waals surface area contributed by atoms with Gasteiger partial charge in [0.1, 0.15) is 24.0 Å². The van der Waals surface area contributed by atoms with Crippen molar-refractivity contribution in [2.24, 2.45) is 0 Å². The maximum absolute atomic E-state index is 14.8. The van der Waals surface area contributed by atoms with Crippen molar-refractivity contribution in [3.8, 4) is 6.07 Å². The van der Waals surface area contributed by atoms with Crippen LogP contribution in [0.25, 0.3) is 0 Å². The van der Waals surface area contributed by atoms with Gasteiger partial charge in [-0.2, -0.15) is 5.26 Å². The predicted molar refractivity (Wildman–Crippen MR) is 153 cm³/mol. The molecule has 43 heavy (non-hydrogen) atoms. The first kappa shape index (κ1) is 29.0. The lowest BCUT2D eigenvalue weighted by Crippen LogP contribution is -2.57. The first-order valence-electron chi connectivity index (χ1n) is 13.9. The van der Waals surface area contributed by atoms with Gasteiger partial charge in [0.25, 0.3) is 11.8 Å². The number of nitrogens with one attached hydrogen (secondary N) is 1. The number of carbonyl (C=O) groups is 2. The van der Waals surface area contributed by atoms with Crippen molar-refractivity contribution >= 4 is 34.9 Å². The Hall–Kier alpha value is -4.11. The molecule has 2 N–H and O–H groups in total. The van der Waals surface area contributed by atoms with Crippen molar-refractivity contribution in [3.05, 3.63) is 88.6 Å². The summed E-state index contributed by atoms with van der Waals surface area (Å²) in [5.74, 6) is -3.63. The van der Waals surface area contributed by atoms with Gasteiger partial charge in [0.2, 0.25) is 5.91 Å². The molecule has 3 heterocycles. The molecular weight excluding hydrogens is 580 g/mol. The maximum Gasteiger partial charge on any atom is 0.252 e. The molecule has 222 valence electrons. The van der Waals surface area contributed by atoms with Crippen LogP contribution >= 0.6 is 11.6 Å². The number of carbonyl (C=O) groups excluding carboxylic acids is 2. The van der Waals surface area contributed by atoms with Crippen molar-refractivity contribution in [1.82, 2.24) is 10.3 Å². The largest absolute Gasteiger partial charge is 0.392 e. The Balaban J connectivity index is 1.45. The third-order valence-electron chi connectivity index (χ3n) is 8.07. The zero-order valence-electron chi connectivity index (χ0n) is 22.9. The van der Waals surface area contributed by atoms with E-state index in [1.807, 2.05) is 0 Å². The summed E-state index contributed by atoms with van der Waals surface area (Å²) in [7, 11) is 0. The van der Waals surface area contributed by atoms with Crippen LogP contribution in [0.1, 0.15) is 48.4 Å². The molecule has 1 saturated carbocycles. The van der Waals surface area contributed by atoms with E-state index in [2.05, 4.69) is 16.4 Å². The summed E-state index contributed by atoms with van der Waals surface area (Å²) in [6.45, 7) is -0.312. The lowest BCUT2D eigenvalue weighted by atomic mass is 9.87. The minimum atomic E-state index is -2.86. The smallest absolute Gasteiger partial charge is 0.252 e. The minimum Gasteiger partial charge on any atom is -0.392 e. The van der Waals surface area contributed by atoms with Gasteiger partial charge in [0.15, 0.2) is 6.23 Å². The lowest BCUT2D eigenvalue weighted by molar-refractivity contribution is -0.133. The highest BCUT2D eigenvalue weighted by atomic mass is 35.5. The number of nitriles is 1. The number of ether oxygens (including phenoxy) is 1. The van der Waals surface area contributed by atoms with Gasteiger partial charge >= 0.3 is 0 Å². The van der Waals surface area contributed by atoms with Gasteiger partial charge in [0, 0.05) is 41.4 Å². The van der Waals surface area contributed by atoms with Crippen LogP contribution in [0.2, 0.25) is 5.02 Å².